The van der Waals surface area contributed by atoms with Crippen LogP contribution in [-0.2, 0) is 16.0 Å². The van der Waals surface area contributed by atoms with Gasteiger partial charge in [-0.1, -0.05) is 6.07 Å². The van der Waals surface area contributed by atoms with E-state index in [1.54, 1.807) is 17.4 Å². The van der Waals surface area contributed by atoms with E-state index in [2.05, 4.69) is 5.32 Å². The smallest absolute Gasteiger partial charge is 0.293 e. The van der Waals surface area contributed by atoms with Crippen LogP contribution in [0.15, 0.2) is 39.2 Å². The normalized spacial score (nSPS) is 16.0. The van der Waals surface area contributed by atoms with Crippen molar-refractivity contribution in [3.8, 4) is 0 Å². The molecule has 8 heteroatoms. The van der Waals surface area contributed by atoms with E-state index in [4.69, 9.17) is 0 Å². The van der Waals surface area contributed by atoms with Gasteiger partial charge < -0.3 is 5.32 Å². The summed E-state index contributed by atoms with van der Waals surface area (Å²) in [4.78, 5) is 38.7. The lowest BCUT2D eigenvalue weighted by Gasteiger charge is -2.12. The van der Waals surface area contributed by atoms with Crippen molar-refractivity contribution in [3.05, 3.63) is 49.7 Å². The molecular formula is C17H16N2O3S3. The van der Waals surface area contributed by atoms with Gasteiger partial charge in [-0.25, -0.2) is 0 Å². The molecule has 2 aromatic rings. The number of amides is 3. The molecule has 0 aromatic carbocycles. The highest BCUT2D eigenvalue weighted by atomic mass is 32.2. The predicted molar refractivity (Wildman–Crippen MR) is 103 cm³/mol. The lowest BCUT2D eigenvalue weighted by Crippen LogP contribution is -2.37. The first kappa shape index (κ1) is 17.9. The molecule has 0 aliphatic carbocycles. The molecule has 1 saturated heterocycles. The Morgan fingerprint density at radius 3 is 2.84 bits per heavy atom. The first-order valence-corrected chi connectivity index (χ1v) is 10.3. The second-order valence-electron chi connectivity index (χ2n) is 5.33. The number of aryl methyl sites for hydroxylation is 1. The van der Waals surface area contributed by atoms with Gasteiger partial charge in [0.2, 0.25) is 5.91 Å². The molecule has 3 heterocycles. The predicted octanol–water partition coefficient (Wildman–Crippen LogP) is 3.59. The zero-order valence-electron chi connectivity index (χ0n) is 13.3. The molecular weight excluding hydrogens is 376 g/mol. The van der Waals surface area contributed by atoms with Gasteiger partial charge in [-0.05, 0) is 58.1 Å². The maximum atomic E-state index is 12.3. The number of nitrogens with zero attached hydrogens (tertiary/aromatic N) is 1. The van der Waals surface area contributed by atoms with E-state index in [0.717, 1.165) is 22.2 Å². The standard InChI is InChI=1S/C17H16N2O3S3/c20-15(4-3-12-5-9-23-11-12)18-6-7-19-16(21)14(25-17(19)22)10-13-2-1-8-24-13/h1-2,5,8-11H,3-4,6-7H2,(H,18,20)/b14-10-. The molecule has 0 spiro atoms. The van der Waals surface area contributed by atoms with Crippen LogP contribution in [0.3, 0.4) is 0 Å². The van der Waals surface area contributed by atoms with Crippen molar-refractivity contribution in [2.75, 3.05) is 13.1 Å². The minimum Gasteiger partial charge on any atom is -0.354 e. The molecule has 25 heavy (non-hydrogen) atoms. The maximum absolute atomic E-state index is 12.3. The van der Waals surface area contributed by atoms with Gasteiger partial charge in [0.1, 0.15) is 0 Å². The Morgan fingerprint density at radius 2 is 2.12 bits per heavy atom. The lowest BCUT2D eigenvalue weighted by atomic mass is 10.2. The molecule has 2 aromatic heterocycles. The number of thiophene rings is 2. The number of hydrogen-bond donors (Lipinski definition) is 1. The molecule has 0 atom stereocenters. The highest BCUT2D eigenvalue weighted by Gasteiger charge is 2.34. The summed E-state index contributed by atoms with van der Waals surface area (Å²) in [6.07, 6.45) is 2.83. The van der Waals surface area contributed by atoms with Gasteiger partial charge in [-0.3, -0.25) is 19.3 Å². The second-order valence-corrected chi connectivity index (χ2v) is 8.08. The molecule has 1 aliphatic rings. The molecule has 1 N–H and O–H groups in total. The SMILES string of the molecule is O=C(CCc1ccsc1)NCCN1C(=O)S/C(=C\c2cccs2)C1=O. The molecule has 0 radical (unpaired) electrons. The summed E-state index contributed by atoms with van der Waals surface area (Å²) in [5, 5.41) is 8.40. The van der Waals surface area contributed by atoms with E-state index in [9.17, 15) is 14.4 Å². The van der Waals surface area contributed by atoms with Gasteiger partial charge in [-0.2, -0.15) is 11.3 Å². The van der Waals surface area contributed by atoms with Crippen molar-refractivity contribution in [2.45, 2.75) is 12.8 Å². The van der Waals surface area contributed by atoms with E-state index in [1.165, 1.54) is 16.2 Å². The van der Waals surface area contributed by atoms with Crippen LogP contribution in [0.4, 0.5) is 4.79 Å². The molecule has 130 valence electrons. The van der Waals surface area contributed by atoms with Crippen LogP contribution in [0.2, 0.25) is 0 Å². The largest absolute Gasteiger partial charge is 0.354 e. The zero-order valence-corrected chi connectivity index (χ0v) is 15.7. The Bertz CT molecular complexity index is 782. The number of carbonyl (C=O) groups excluding carboxylic acids is 3. The van der Waals surface area contributed by atoms with E-state index in [1.807, 2.05) is 34.3 Å². The van der Waals surface area contributed by atoms with Crippen LogP contribution in [0.25, 0.3) is 6.08 Å². The fraction of sp³-hybridized carbons (Fsp3) is 0.235. The number of hydrogen-bond acceptors (Lipinski definition) is 6. The third-order valence-electron chi connectivity index (χ3n) is 3.57. The molecule has 5 nitrogen and oxygen atoms in total. The van der Waals surface area contributed by atoms with Crippen molar-refractivity contribution < 1.29 is 14.4 Å². The third-order valence-corrected chi connectivity index (χ3v) is 6.03. The van der Waals surface area contributed by atoms with Gasteiger partial charge in [-0.15, -0.1) is 11.3 Å². The summed E-state index contributed by atoms with van der Waals surface area (Å²) >= 11 is 4.06. The number of rotatable bonds is 7. The number of carbonyl (C=O) groups is 3. The summed E-state index contributed by atoms with van der Waals surface area (Å²) in [6.45, 7) is 0.462. The summed E-state index contributed by atoms with van der Waals surface area (Å²) in [7, 11) is 0. The van der Waals surface area contributed by atoms with Crippen LogP contribution >= 0.6 is 34.4 Å². The summed E-state index contributed by atoms with van der Waals surface area (Å²) in [5.41, 5.74) is 1.14. The minimum atomic E-state index is -0.295. The first-order valence-electron chi connectivity index (χ1n) is 7.70. The Hall–Kier alpha value is -1.90. The quantitative estimate of drug-likeness (QED) is 0.731. The molecule has 1 aliphatic heterocycles. The third kappa shape index (κ3) is 4.81. The fourth-order valence-corrected chi connectivity index (χ4v) is 4.57. The molecule has 1 fully saturated rings. The zero-order chi connectivity index (χ0) is 17.6. The Balaban J connectivity index is 1.45. The van der Waals surface area contributed by atoms with Crippen LogP contribution in [-0.4, -0.2) is 35.0 Å². The molecule has 3 rings (SSSR count). The van der Waals surface area contributed by atoms with Gasteiger partial charge >= 0.3 is 0 Å². The van der Waals surface area contributed by atoms with E-state index >= 15 is 0 Å². The van der Waals surface area contributed by atoms with Crippen LogP contribution in [0, 0.1) is 0 Å². The minimum absolute atomic E-state index is 0.0766. The second kappa shape index (κ2) is 8.46. The van der Waals surface area contributed by atoms with Gasteiger partial charge in [0.05, 0.1) is 4.91 Å². The Morgan fingerprint density at radius 1 is 1.24 bits per heavy atom. The molecule has 3 amide bonds. The fourth-order valence-electron chi connectivity index (χ4n) is 2.28. The number of imide groups is 1. The first-order chi connectivity index (χ1) is 12.1. The average molecular weight is 393 g/mol. The number of thioether (sulfide) groups is 1. The van der Waals surface area contributed by atoms with Gasteiger partial charge in [0, 0.05) is 24.4 Å². The van der Waals surface area contributed by atoms with Crippen molar-refractivity contribution in [3.63, 3.8) is 0 Å². The van der Waals surface area contributed by atoms with Crippen molar-refractivity contribution >= 4 is 57.6 Å². The number of nitrogens with one attached hydrogen (secondary N) is 1. The van der Waals surface area contributed by atoms with Crippen molar-refractivity contribution in [1.82, 2.24) is 10.2 Å². The highest BCUT2D eigenvalue weighted by molar-refractivity contribution is 8.18. The van der Waals surface area contributed by atoms with Crippen molar-refractivity contribution in [2.24, 2.45) is 0 Å². The Kier molecular flexibility index (Phi) is 6.06. The van der Waals surface area contributed by atoms with Crippen LogP contribution in [0.1, 0.15) is 16.9 Å². The van der Waals surface area contributed by atoms with Crippen molar-refractivity contribution in [1.29, 1.82) is 0 Å². The van der Waals surface area contributed by atoms with E-state index in [0.29, 0.717) is 17.7 Å². The van der Waals surface area contributed by atoms with Gasteiger partial charge in [0.25, 0.3) is 11.1 Å². The Labute approximate surface area is 157 Å². The lowest BCUT2D eigenvalue weighted by molar-refractivity contribution is -0.124. The van der Waals surface area contributed by atoms with E-state index in [-0.39, 0.29) is 30.1 Å². The topological polar surface area (TPSA) is 66.5 Å². The van der Waals surface area contributed by atoms with Gasteiger partial charge in [0.15, 0.2) is 0 Å². The summed E-state index contributed by atoms with van der Waals surface area (Å²) < 4.78 is 0. The molecule has 0 saturated carbocycles. The monoisotopic (exact) mass is 392 g/mol. The molecule has 0 unspecified atom stereocenters. The molecule has 0 bridgehead atoms. The highest BCUT2D eigenvalue weighted by Crippen LogP contribution is 2.32. The maximum Gasteiger partial charge on any atom is 0.293 e. The summed E-state index contributed by atoms with van der Waals surface area (Å²) in [6, 6.07) is 5.79. The van der Waals surface area contributed by atoms with E-state index < -0.39 is 0 Å². The van der Waals surface area contributed by atoms with Crippen LogP contribution < -0.4 is 5.32 Å². The van der Waals surface area contributed by atoms with Crippen LogP contribution in [0.5, 0.6) is 0 Å². The average Bonchev–Trinajstić information content (AvgIpc) is 3.32. The summed E-state index contributed by atoms with van der Waals surface area (Å²) in [5.74, 6) is -0.372.